The maximum atomic E-state index is 12.9. The summed E-state index contributed by atoms with van der Waals surface area (Å²) in [5, 5.41) is 2.98. The van der Waals surface area contributed by atoms with Crippen molar-refractivity contribution >= 4 is 15.9 Å². The number of ether oxygens (including phenoxy) is 1. The fourth-order valence-corrected chi connectivity index (χ4v) is 4.82. The minimum Gasteiger partial charge on any atom is -0.379 e. The van der Waals surface area contributed by atoms with Crippen LogP contribution >= 0.6 is 0 Å². The molecular formula is C20H32N2O4S. The van der Waals surface area contributed by atoms with Crippen LogP contribution in [-0.2, 0) is 14.8 Å². The Bertz CT molecular complexity index is 740. The van der Waals surface area contributed by atoms with E-state index in [1.807, 2.05) is 6.92 Å². The highest BCUT2D eigenvalue weighted by atomic mass is 32.2. The fraction of sp³-hybridized carbons (Fsp3) is 0.650. The number of amides is 1. The largest absolute Gasteiger partial charge is 0.379 e. The molecule has 1 aromatic rings. The summed E-state index contributed by atoms with van der Waals surface area (Å²) in [6.45, 7) is 9.58. The Labute approximate surface area is 163 Å². The topological polar surface area (TPSA) is 75.7 Å². The number of aryl methyl sites for hydroxylation is 1. The van der Waals surface area contributed by atoms with Crippen LogP contribution in [0.15, 0.2) is 23.1 Å². The highest BCUT2D eigenvalue weighted by Gasteiger charge is 2.28. The number of benzene rings is 1. The molecule has 0 radical (unpaired) electrons. The van der Waals surface area contributed by atoms with E-state index in [2.05, 4.69) is 19.2 Å². The van der Waals surface area contributed by atoms with E-state index in [4.69, 9.17) is 4.74 Å². The smallest absolute Gasteiger partial charge is 0.251 e. The summed E-state index contributed by atoms with van der Waals surface area (Å²) >= 11 is 0. The molecule has 0 aromatic heterocycles. The Morgan fingerprint density at radius 1 is 1.19 bits per heavy atom. The van der Waals surface area contributed by atoms with Crippen LogP contribution in [0.25, 0.3) is 0 Å². The van der Waals surface area contributed by atoms with Gasteiger partial charge in [-0.2, -0.15) is 4.31 Å². The first-order valence-corrected chi connectivity index (χ1v) is 11.1. The van der Waals surface area contributed by atoms with Crippen molar-refractivity contribution in [2.45, 2.75) is 57.9 Å². The van der Waals surface area contributed by atoms with E-state index < -0.39 is 10.0 Å². The van der Waals surface area contributed by atoms with Crippen LogP contribution in [0, 0.1) is 12.8 Å². The van der Waals surface area contributed by atoms with Crippen LogP contribution in [-0.4, -0.2) is 51.0 Å². The van der Waals surface area contributed by atoms with Crippen molar-refractivity contribution in [1.82, 2.24) is 9.62 Å². The van der Waals surface area contributed by atoms with Crippen LogP contribution in [0.3, 0.4) is 0 Å². The van der Waals surface area contributed by atoms with Crippen molar-refractivity contribution in [3.05, 3.63) is 29.3 Å². The highest BCUT2D eigenvalue weighted by Crippen LogP contribution is 2.22. The third-order valence-corrected chi connectivity index (χ3v) is 6.87. The van der Waals surface area contributed by atoms with Gasteiger partial charge in [0.1, 0.15) is 0 Å². The van der Waals surface area contributed by atoms with E-state index in [-0.39, 0.29) is 16.8 Å². The van der Waals surface area contributed by atoms with Crippen molar-refractivity contribution in [3.8, 4) is 0 Å². The Morgan fingerprint density at radius 3 is 2.48 bits per heavy atom. The van der Waals surface area contributed by atoms with Gasteiger partial charge in [0.05, 0.1) is 18.1 Å². The lowest BCUT2D eigenvalue weighted by atomic mass is 10.0. The Morgan fingerprint density at radius 2 is 1.85 bits per heavy atom. The molecule has 1 atom stereocenters. The van der Waals surface area contributed by atoms with E-state index in [1.54, 1.807) is 19.1 Å². The summed E-state index contributed by atoms with van der Waals surface area (Å²) in [6, 6.07) is 4.93. The normalized spacial score (nSPS) is 17.1. The molecule has 1 unspecified atom stereocenters. The SMILES string of the molecule is Cc1ccc(C(=O)NC(C)CCCC(C)C)cc1S(=O)(=O)N1CCOCC1. The van der Waals surface area contributed by atoms with Crippen LogP contribution in [0.1, 0.15) is 56.0 Å². The lowest BCUT2D eigenvalue weighted by Crippen LogP contribution is -2.41. The van der Waals surface area contributed by atoms with Crippen molar-refractivity contribution < 1.29 is 17.9 Å². The summed E-state index contributed by atoms with van der Waals surface area (Å²) in [5.41, 5.74) is 1.02. The van der Waals surface area contributed by atoms with Gasteiger partial charge in [-0.1, -0.05) is 32.8 Å². The molecule has 1 aromatic carbocycles. The quantitative estimate of drug-likeness (QED) is 0.733. The molecule has 1 heterocycles. The number of carbonyl (C=O) groups is 1. The second kappa shape index (κ2) is 9.66. The zero-order valence-electron chi connectivity index (χ0n) is 16.8. The van der Waals surface area contributed by atoms with E-state index in [0.717, 1.165) is 19.3 Å². The van der Waals surface area contributed by atoms with Crippen LogP contribution < -0.4 is 5.32 Å². The van der Waals surface area contributed by atoms with Crippen molar-refractivity contribution in [1.29, 1.82) is 0 Å². The molecule has 1 amide bonds. The zero-order chi connectivity index (χ0) is 20.0. The molecule has 6 nitrogen and oxygen atoms in total. The Balaban J connectivity index is 2.10. The first kappa shape index (κ1) is 21.9. The van der Waals surface area contributed by atoms with Gasteiger partial charge in [0.25, 0.3) is 5.91 Å². The molecule has 0 spiro atoms. The fourth-order valence-electron chi connectivity index (χ4n) is 3.16. The number of nitrogens with zero attached hydrogens (tertiary/aromatic N) is 1. The third kappa shape index (κ3) is 6.02. The lowest BCUT2D eigenvalue weighted by Gasteiger charge is -2.26. The first-order chi connectivity index (χ1) is 12.7. The monoisotopic (exact) mass is 396 g/mol. The van der Waals surface area contributed by atoms with Crippen molar-refractivity contribution in [2.75, 3.05) is 26.3 Å². The number of hydrogen-bond acceptors (Lipinski definition) is 4. The first-order valence-electron chi connectivity index (χ1n) is 9.71. The molecule has 1 fully saturated rings. The van der Waals surface area contributed by atoms with Gasteiger partial charge in [-0.15, -0.1) is 0 Å². The maximum Gasteiger partial charge on any atom is 0.251 e. The molecule has 2 rings (SSSR count). The summed E-state index contributed by atoms with van der Waals surface area (Å²) in [7, 11) is -3.63. The number of nitrogens with one attached hydrogen (secondary N) is 1. The van der Waals surface area contributed by atoms with E-state index in [9.17, 15) is 13.2 Å². The van der Waals surface area contributed by atoms with Crippen molar-refractivity contribution in [3.63, 3.8) is 0 Å². The molecule has 0 bridgehead atoms. The number of rotatable bonds is 8. The van der Waals surface area contributed by atoms with Gasteiger partial charge in [0, 0.05) is 24.7 Å². The summed E-state index contributed by atoms with van der Waals surface area (Å²) in [5.74, 6) is 0.420. The van der Waals surface area contributed by atoms with Crippen molar-refractivity contribution in [2.24, 2.45) is 5.92 Å². The molecule has 7 heteroatoms. The van der Waals surface area contributed by atoms with Gasteiger partial charge in [-0.3, -0.25) is 4.79 Å². The Hall–Kier alpha value is -1.44. The molecule has 1 aliphatic rings. The van der Waals surface area contributed by atoms with E-state index >= 15 is 0 Å². The summed E-state index contributed by atoms with van der Waals surface area (Å²) < 4.78 is 32.6. The second-order valence-electron chi connectivity index (χ2n) is 7.70. The van der Waals surface area contributed by atoms with Gasteiger partial charge in [-0.05, 0) is 43.9 Å². The maximum absolute atomic E-state index is 12.9. The van der Waals surface area contributed by atoms with Crippen LogP contribution in [0.4, 0.5) is 0 Å². The Kier molecular flexibility index (Phi) is 7.82. The molecule has 1 N–H and O–H groups in total. The van der Waals surface area contributed by atoms with E-state index in [0.29, 0.717) is 43.3 Å². The lowest BCUT2D eigenvalue weighted by molar-refractivity contribution is 0.0730. The molecule has 27 heavy (non-hydrogen) atoms. The average Bonchev–Trinajstić information content (AvgIpc) is 2.62. The molecule has 0 saturated carbocycles. The molecule has 1 saturated heterocycles. The van der Waals surface area contributed by atoms with Gasteiger partial charge < -0.3 is 10.1 Å². The van der Waals surface area contributed by atoms with E-state index in [1.165, 1.54) is 10.4 Å². The molecular weight excluding hydrogens is 364 g/mol. The zero-order valence-corrected chi connectivity index (χ0v) is 17.6. The highest BCUT2D eigenvalue weighted by molar-refractivity contribution is 7.89. The predicted molar refractivity (Wildman–Crippen MR) is 106 cm³/mol. The minimum absolute atomic E-state index is 0.0526. The number of sulfonamides is 1. The number of morpholine rings is 1. The second-order valence-corrected chi connectivity index (χ2v) is 9.60. The molecule has 152 valence electrons. The number of carbonyl (C=O) groups excluding carboxylic acids is 1. The van der Waals surface area contributed by atoms with Gasteiger partial charge >= 0.3 is 0 Å². The summed E-state index contributed by atoms with van der Waals surface area (Å²) in [4.78, 5) is 12.8. The third-order valence-electron chi connectivity index (χ3n) is 4.83. The number of hydrogen-bond donors (Lipinski definition) is 1. The van der Waals surface area contributed by atoms with Gasteiger partial charge in [0.15, 0.2) is 0 Å². The average molecular weight is 397 g/mol. The molecule has 1 aliphatic heterocycles. The van der Waals surface area contributed by atoms with Gasteiger partial charge in [-0.25, -0.2) is 8.42 Å². The molecule has 0 aliphatic carbocycles. The standard InChI is InChI=1S/C20H32N2O4S/c1-15(2)6-5-7-17(4)21-20(23)18-9-8-16(3)19(14-18)27(24,25)22-10-12-26-13-11-22/h8-9,14-15,17H,5-7,10-13H2,1-4H3,(H,21,23). The van der Waals surface area contributed by atoms with Gasteiger partial charge in [0.2, 0.25) is 10.0 Å². The van der Waals surface area contributed by atoms with Crippen LogP contribution in [0.5, 0.6) is 0 Å². The predicted octanol–water partition coefficient (Wildman–Crippen LogP) is 2.96. The minimum atomic E-state index is -3.63. The van der Waals surface area contributed by atoms with Crippen LogP contribution in [0.2, 0.25) is 0 Å². The summed E-state index contributed by atoms with van der Waals surface area (Å²) in [6.07, 6.45) is 3.10.